The number of aromatic nitrogens is 4. The minimum atomic E-state index is -0.463. The van der Waals surface area contributed by atoms with E-state index in [1.54, 1.807) is 18.2 Å². The number of amides is 1. The van der Waals surface area contributed by atoms with Crippen LogP contribution in [0.5, 0.6) is 0 Å². The fraction of sp³-hybridized carbons (Fsp3) is 0.100. The largest absolute Gasteiger partial charge is 0.306 e. The van der Waals surface area contributed by atoms with Crippen LogP contribution in [0.15, 0.2) is 52.6 Å². The van der Waals surface area contributed by atoms with Crippen molar-refractivity contribution in [3.8, 4) is 16.5 Å². The molecule has 0 saturated carbocycles. The molecule has 0 fully saturated rings. The van der Waals surface area contributed by atoms with Gasteiger partial charge in [-0.2, -0.15) is 9.78 Å². The van der Waals surface area contributed by atoms with Crippen molar-refractivity contribution in [2.75, 3.05) is 5.32 Å². The molecular weight excluding hydrogens is 445 g/mol. The fourth-order valence-corrected chi connectivity index (χ4v) is 3.86. The molecule has 0 unspecified atom stereocenters. The Morgan fingerprint density at radius 3 is 2.80 bits per heavy atom. The van der Waals surface area contributed by atoms with Crippen molar-refractivity contribution < 1.29 is 4.79 Å². The second-order valence-electron chi connectivity index (χ2n) is 6.30. The van der Waals surface area contributed by atoms with Crippen molar-refractivity contribution in [1.29, 1.82) is 0 Å². The van der Waals surface area contributed by atoms with E-state index >= 15 is 0 Å². The van der Waals surface area contributed by atoms with Gasteiger partial charge in [-0.1, -0.05) is 36.2 Å². The van der Waals surface area contributed by atoms with E-state index in [0.29, 0.717) is 28.6 Å². The van der Waals surface area contributed by atoms with Crippen LogP contribution in [-0.4, -0.2) is 25.7 Å². The first-order valence-electron chi connectivity index (χ1n) is 8.95. The van der Waals surface area contributed by atoms with Gasteiger partial charge in [0.05, 0.1) is 15.5 Å². The topological polar surface area (TPSA) is 92.7 Å². The number of hydrogen-bond donors (Lipinski definition) is 2. The number of carbonyl (C=O) groups is 1. The van der Waals surface area contributed by atoms with Crippen LogP contribution >= 0.6 is 34.5 Å². The molecule has 0 saturated heterocycles. The Hall–Kier alpha value is -2.94. The molecule has 4 aromatic rings. The molecule has 3 aromatic heterocycles. The number of halogens is 2. The number of carbonyl (C=O) groups excluding carboxylic acids is 1. The molecule has 152 valence electrons. The van der Waals surface area contributed by atoms with Crippen LogP contribution in [0.3, 0.4) is 0 Å². The van der Waals surface area contributed by atoms with Crippen LogP contribution in [0.25, 0.3) is 16.5 Å². The van der Waals surface area contributed by atoms with Crippen molar-refractivity contribution >= 4 is 46.3 Å². The van der Waals surface area contributed by atoms with Crippen molar-refractivity contribution in [2.45, 2.75) is 13.3 Å². The van der Waals surface area contributed by atoms with Crippen LogP contribution < -0.4 is 10.9 Å². The Labute approximate surface area is 185 Å². The normalized spacial score (nSPS) is 10.9. The quantitative estimate of drug-likeness (QED) is 0.447. The van der Waals surface area contributed by atoms with Gasteiger partial charge in [0.15, 0.2) is 0 Å². The van der Waals surface area contributed by atoms with E-state index in [-0.39, 0.29) is 22.1 Å². The minimum absolute atomic E-state index is 0.203. The van der Waals surface area contributed by atoms with Gasteiger partial charge in [-0.15, -0.1) is 11.3 Å². The van der Waals surface area contributed by atoms with Gasteiger partial charge in [-0.05, 0) is 36.1 Å². The predicted molar refractivity (Wildman–Crippen MR) is 119 cm³/mol. The molecule has 10 heteroatoms. The van der Waals surface area contributed by atoms with E-state index in [4.69, 9.17) is 23.2 Å². The molecule has 0 radical (unpaired) electrons. The molecule has 0 spiro atoms. The van der Waals surface area contributed by atoms with E-state index in [1.165, 1.54) is 28.2 Å². The first-order chi connectivity index (χ1) is 14.4. The highest BCUT2D eigenvalue weighted by atomic mass is 35.5. The number of H-pyrrole nitrogens is 1. The number of aromatic amines is 1. The van der Waals surface area contributed by atoms with Gasteiger partial charge in [-0.25, -0.2) is 4.98 Å². The standard InChI is InChI=1S/C20H15Cl2N5O2S/c1-2-12-9-18(28)25-20(23-12)27-17(10-15(26-27)16-4-3-7-30-16)24-19(29)13-8-11(21)5-6-14(13)22/h3-10H,2H2,1H3,(H,24,29)(H,23,25,28). The number of nitrogens with one attached hydrogen (secondary N) is 2. The van der Waals surface area contributed by atoms with E-state index in [1.807, 2.05) is 24.4 Å². The summed E-state index contributed by atoms with van der Waals surface area (Å²) in [6.07, 6.45) is 0.579. The number of nitrogens with zero attached hydrogens (tertiary/aromatic N) is 3. The second-order valence-corrected chi connectivity index (χ2v) is 8.09. The predicted octanol–water partition coefficient (Wildman–Crippen LogP) is 4.81. The van der Waals surface area contributed by atoms with E-state index < -0.39 is 5.91 Å². The number of hydrogen-bond acceptors (Lipinski definition) is 5. The molecule has 0 bridgehead atoms. The molecule has 7 nitrogen and oxygen atoms in total. The van der Waals surface area contributed by atoms with Crippen molar-refractivity contribution in [3.05, 3.63) is 79.5 Å². The number of thiophene rings is 1. The number of rotatable bonds is 5. The summed E-state index contributed by atoms with van der Waals surface area (Å²) in [6.45, 7) is 1.90. The van der Waals surface area contributed by atoms with Crippen molar-refractivity contribution in [1.82, 2.24) is 19.7 Å². The van der Waals surface area contributed by atoms with Crippen LogP contribution in [0.1, 0.15) is 23.0 Å². The van der Waals surface area contributed by atoms with Crippen LogP contribution in [-0.2, 0) is 6.42 Å². The summed E-state index contributed by atoms with van der Waals surface area (Å²) >= 11 is 13.7. The van der Waals surface area contributed by atoms with Gasteiger partial charge in [0.2, 0.25) is 5.95 Å². The zero-order valence-corrected chi connectivity index (χ0v) is 18.0. The number of anilines is 1. The van der Waals surface area contributed by atoms with Gasteiger partial charge < -0.3 is 5.32 Å². The highest BCUT2D eigenvalue weighted by Gasteiger charge is 2.18. The van der Waals surface area contributed by atoms with Crippen LogP contribution in [0, 0.1) is 0 Å². The third kappa shape index (κ3) is 4.16. The highest BCUT2D eigenvalue weighted by molar-refractivity contribution is 7.13. The molecule has 3 heterocycles. The maximum Gasteiger partial charge on any atom is 0.258 e. The Balaban J connectivity index is 1.80. The smallest absolute Gasteiger partial charge is 0.258 e. The van der Waals surface area contributed by atoms with E-state index in [2.05, 4.69) is 20.4 Å². The number of benzene rings is 1. The highest BCUT2D eigenvalue weighted by Crippen LogP contribution is 2.28. The van der Waals surface area contributed by atoms with Gasteiger partial charge in [-0.3, -0.25) is 14.6 Å². The molecule has 1 amide bonds. The van der Waals surface area contributed by atoms with E-state index in [9.17, 15) is 9.59 Å². The zero-order chi connectivity index (χ0) is 21.3. The lowest BCUT2D eigenvalue weighted by Crippen LogP contribution is -2.19. The summed E-state index contributed by atoms with van der Waals surface area (Å²) in [7, 11) is 0. The Morgan fingerprint density at radius 1 is 1.23 bits per heavy atom. The lowest BCUT2D eigenvalue weighted by Gasteiger charge is -2.10. The maximum absolute atomic E-state index is 12.9. The summed E-state index contributed by atoms with van der Waals surface area (Å²) in [4.78, 5) is 32.9. The second kappa shape index (κ2) is 8.43. The van der Waals surface area contributed by atoms with Crippen molar-refractivity contribution in [3.63, 3.8) is 0 Å². The van der Waals surface area contributed by atoms with Gasteiger partial charge in [0.1, 0.15) is 11.5 Å². The molecular formula is C20H15Cl2N5O2S. The first-order valence-corrected chi connectivity index (χ1v) is 10.6. The monoisotopic (exact) mass is 459 g/mol. The molecule has 0 aliphatic heterocycles. The summed E-state index contributed by atoms with van der Waals surface area (Å²) in [5.41, 5.74) is 1.15. The number of aryl methyl sites for hydroxylation is 1. The molecule has 4 rings (SSSR count). The average molecular weight is 460 g/mol. The zero-order valence-electron chi connectivity index (χ0n) is 15.6. The Bertz CT molecular complexity index is 1280. The lowest BCUT2D eigenvalue weighted by molar-refractivity contribution is 0.102. The molecule has 0 aliphatic carbocycles. The Morgan fingerprint density at radius 2 is 2.07 bits per heavy atom. The third-order valence-corrected chi connectivity index (χ3v) is 5.70. The summed E-state index contributed by atoms with van der Waals surface area (Å²) in [6, 6.07) is 11.6. The molecule has 1 aromatic carbocycles. The molecule has 0 aliphatic rings. The summed E-state index contributed by atoms with van der Waals surface area (Å²) in [5.74, 6) is 0.0702. The molecule has 0 atom stereocenters. The fourth-order valence-electron chi connectivity index (χ4n) is 2.81. The van der Waals surface area contributed by atoms with Crippen molar-refractivity contribution in [2.24, 2.45) is 0 Å². The lowest BCUT2D eigenvalue weighted by atomic mass is 10.2. The SMILES string of the molecule is CCc1cc(=O)[nH]c(-n2nc(-c3cccs3)cc2NC(=O)c2cc(Cl)ccc2Cl)n1. The summed E-state index contributed by atoms with van der Waals surface area (Å²) < 4.78 is 1.39. The summed E-state index contributed by atoms with van der Waals surface area (Å²) in [5, 5.41) is 9.92. The maximum atomic E-state index is 12.9. The van der Waals surface area contributed by atoms with E-state index in [0.717, 1.165) is 4.88 Å². The van der Waals surface area contributed by atoms with Crippen LogP contribution in [0.2, 0.25) is 10.0 Å². The first kappa shape index (κ1) is 20.3. The minimum Gasteiger partial charge on any atom is -0.306 e. The van der Waals surface area contributed by atoms with Gasteiger partial charge in [0.25, 0.3) is 11.5 Å². The molecule has 30 heavy (non-hydrogen) atoms. The van der Waals surface area contributed by atoms with Gasteiger partial charge in [0, 0.05) is 22.8 Å². The van der Waals surface area contributed by atoms with Crippen LogP contribution in [0.4, 0.5) is 5.82 Å². The average Bonchev–Trinajstić information content (AvgIpc) is 3.39. The van der Waals surface area contributed by atoms with Gasteiger partial charge >= 0.3 is 0 Å². The molecule has 2 N–H and O–H groups in total. The third-order valence-electron chi connectivity index (χ3n) is 4.24. The Kier molecular flexibility index (Phi) is 5.72.